The molecule has 0 amide bonds. The molecule has 0 aliphatic heterocycles. The second-order valence-electron chi connectivity index (χ2n) is 8.11. The number of hydrogen-bond donors (Lipinski definition) is 0. The van der Waals surface area contributed by atoms with E-state index in [4.69, 9.17) is 4.74 Å². The highest BCUT2D eigenvalue weighted by Gasteiger charge is 2.14. The Kier molecular flexibility index (Phi) is 3.42. The van der Waals surface area contributed by atoms with E-state index in [1.807, 2.05) is 11.3 Å². The van der Waals surface area contributed by atoms with Gasteiger partial charge >= 0.3 is 0 Å². The second-order valence-corrected chi connectivity index (χ2v) is 9.20. The minimum Gasteiger partial charge on any atom is -0.497 e. The van der Waals surface area contributed by atoms with Crippen molar-refractivity contribution in [1.82, 2.24) is 0 Å². The van der Waals surface area contributed by atoms with Gasteiger partial charge in [0.25, 0.3) is 0 Å². The van der Waals surface area contributed by atoms with E-state index in [9.17, 15) is 0 Å². The third kappa shape index (κ3) is 2.31. The third-order valence-corrected chi connectivity index (χ3v) is 7.64. The number of ether oxygens (including phenoxy) is 1. The summed E-state index contributed by atoms with van der Waals surface area (Å²) in [5.41, 5.74) is 0. The summed E-state index contributed by atoms with van der Waals surface area (Å²) >= 11 is 1.89. The zero-order chi connectivity index (χ0) is 20.5. The molecule has 0 radical (unpaired) electrons. The molecule has 1 nitrogen and oxygen atoms in total. The number of rotatable bonds is 1. The smallest absolute Gasteiger partial charge is 0.119 e. The lowest BCUT2D eigenvalue weighted by atomic mass is 9.93. The van der Waals surface area contributed by atoms with Gasteiger partial charge in [-0.3, -0.25) is 0 Å². The van der Waals surface area contributed by atoms with Gasteiger partial charge in [-0.25, -0.2) is 0 Å². The lowest BCUT2D eigenvalue weighted by Crippen LogP contribution is -1.86. The molecule has 7 rings (SSSR count). The first kappa shape index (κ1) is 17.1. The summed E-state index contributed by atoms with van der Waals surface area (Å²) in [6.45, 7) is 0. The molecule has 146 valence electrons. The summed E-state index contributed by atoms with van der Waals surface area (Å²) in [7, 11) is 1.73. The van der Waals surface area contributed by atoms with Gasteiger partial charge in [0.05, 0.1) is 7.11 Å². The molecule has 2 heteroatoms. The first-order chi connectivity index (χ1) is 15.3. The van der Waals surface area contributed by atoms with E-state index >= 15 is 0 Å². The highest BCUT2D eigenvalue weighted by molar-refractivity contribution is 7.26. The number of methoxy groups -OCH3 is 1. The Morgan fingerprint density at radius 1 is 0.516 bits per heavy atom. The van der Waals surface area contributed by atoms with Crippen molar-refractivity contribution >= 4 is 74.6 Å². The molecule has 1 aromatic heterocycles. The fourth-order valence-electron chi connectivity index (χ4n) is 5.10. The van der Waals surface area contributed by atoms with E-state index in [1.54, 1.807) is 7.11 Å². The van der Waals surface area contributed by atoms with E-state index in [1.165, 1.54) is 63.3 Å². The van der Waals surface area contributed by atoms with Gasteiger partial charge in [-0.15, -0.1) is 11.3 Å². The highest BCUT2D eigenvalue weighted by Crippen LogP contribution is 2.44. The van der Waals surface area contributed by atoms with Crippen LogP contribution >= 0.6 is 11.3 Å². The summed E-state index contributed by atoms with van der Waals surface area (Å²) < 4.78 is 8.22. The topological polar surface area (TPSA) is 9.23 Å². The maximum atomic E-state index is 5.54. The Morgan fingerprint density at radius 3 is 2.00 bits per heavy atom. The van der Waals surface area contributed by atoms with Crippen molar-refractivity contribution in [3.8, 4) is 5.75 Å². The maximum Gasteiger partial charge on any atom is 0.119 e. The van der Waals surface area contributed by atoms with Crippen LogP contribution in [-0.4, -0.2) is 7.11 Å². The minimum absolute atomic E-state index is 0.895. The highest BCUT2D eigenvalue weighted by atomic mass is 32.1. The first-order valence-corrected chi connectivity index (χ1v) is 11.3. The SMILES string of the molecule is COc1ccc2c(c1)c1ccccc1c1cc3c(cc21)sc1ccc2ccccc2c13. The van der Waals surface area contributed by atoms with Crippen LogP contribution in [0, 0.1) is 0 Å². The van der Waals surface area contributed by atoms with Crippen molar-refractivity contribution in [2.24, 2.45) is 0 Å². The summed E-state index contributed by atoms with van der Waals surface area (Å²) in [4.78, 5) is 0. The quantitative estimate of drug-likeness (QED) is 0.244. The van der Waals surface area contributed by atoms with Crippen LogP contribution in [0.15, 0.2) is 91.0 Å². The van der Waals surface area contributed by atoms with Gasteiger partial charge in [-0.2, -0.15) is 0 Å². The van der Waals surface area contributed by atoms with Gasteiger partial charge in [0.15, 0.2) is 0 Å². The van der Waals surface area contributed by atoms with Crippen molar-refractivity contribution in [2.45, 2.75) is 0 Å². The van der Waals surface area contributed by atoms with Crippen LogP contribution in [0.3, 0.4) is 0 Å². The Hall–Kier alpha value is -3.62. The fraction of sp³-hybridized carbons (Fsp3) is 0.0345. The van der Waals surface area contributed by atoms with Crippen molar-refractivity contribution < 1.29 is 4.74 Å². The molecule has 0 unspecified atom stereocenters. The molecule has 0 aliphatic carbocycles. The zero-order valence-electron chi connectivity index (χ0n) is 17.0. The molecule has 0 atom stereocenters. The standard InChI is InChI=1S/C29H18OS/c1-30-18-11-12-22-23(14-18)20-8-4-5-9-21(20)24-15-26-28(16-25(22)24)31-27-13-10-17-6-2-3-7-19(17)29(26)27/h2-16H,1H3. The average molecular weight is 415 g/mol. The van der Waals surface area contributed by atoms with Crippen molar-refractivity contribution in [2.75, 3.05) is 7.11 Å². The van der Waals surface area contributed by atoms with Crippen LogP contribution in [0.5, 0.6) is 5.75 Å². The molecule has 0 bridgehead atoms. The molecule has 0 saturated heterocycles. The Balaban J connectivity index is 1.74. The third-order valence-electron chi connectivity index (χ3n) is 6.52. The molecule has 1 heterocycles. The first-order valence-electron chi connectivity index (χ1n) is 10.5. The molecular formula is C29H18OS. The molecule has 0 fully saturated rings. The predicted octanol–water partition coefficient (Wildman–Crippen LogP) is 8.68. The number of fused-ring (bicyclic) bond motifs is 11. The van der Waals surface area contributed by atoms with Crippen LogP contribution in [0.25, 0.3) is 63.3 Å². The molecule has 31 heavy (non-hydrogen) atoms. The van der Waals surface area contributed by atoms with Crippen molar-refractivity contribution in [1.29, 1.82) is 0 Å². The van der Waals surface area contributed by atoms with E-state index in [-0.39, 0.29) is 0 Å². The Bertz CT molecular complexity index is 1820. The maximum absolute atomic E-state index is 5.54. The zero-order valence-corrected chi connectivity index (χ0v) is 17.8. The number of benzene rings is 6. The molecule has 0 saturated carbocycles. The Morgan fingerprint density at radius 2 is 1.19 bits per heavy atom. The van der Waals surface area contributed by atoms with E-state index in [0.29, 0.717) is 0 Å². The van der Waals surface area contributed by atoms with E-state index < -0.39 is 0 Å². The summed E-state index contributed by atoms with van der Waals surface area (Å²) in [5, 5.41) is 13.1. The molecule has 7 aromatic rings. The molecule has 0 aliphatic rings. The van der Waals surface area contributed by atoms with Gasteiger partial charge in [0.2, 0.25) is 0 Å². The molecule has 6 aromatic carbocycles. The molecule has 0 N–H and O–H groups in total. The van der Waals surface area contributed by atoms with Gasteiger partial charge in [-0.05, 0) is 73.4 Å². The van der Waals surface area contributed by atoms with Gasteiger partial charge in [-0.1, -0.05) is 60.7 Å². The van der Waals surface area contributed by atoms with E-state index in [0.717, 1.165) is 5.75 Å². The van der Waals surface area contributed by atoms with Crippen molar-refractivity contribution in [3.63, 3.8) is 0 Å². The van der Waals surface area contributed by atoms with Gasteiger partial charge in [0.1, 0.15) is 5.75 Å². The fourth-order valence-corrected chi connectivity index (χ4v) is 6.24. The van der Waals surface area contributed by atoms with Crippen LogP contribution in [0.1, 0.15) is 0 Å². The van der Waals surface area contributed by atoms with Crippen LogP contribution in [-0.2, 0) is 0 Å². The lowest BCUT2D eigenvalue weighted by molar-refractivity contribution is 0.415. The number of hydrogen-bond acceptors (Lipinski definition) is 2. The normalized spacial score (nSPS) is 12.0. The van der Waals surface area contributed by atoms with Crippen LogP contribution in [0.2, 0.25) is 0 Å². The monoisotopic (exact) mass is 414 g/mol. The molecule has 0 spiro atoms. The van der Waals surface area contributed by atoms with Gasteiger partial charge in [0, 0.05) is 20.2 Å². The lowest BCUT2D eigenvalue weighted by Gasteiger charge is -2.12. The largest absolute Gasteiger partial charge is 0.497 e. The summed E-state index contributed by atoms with van der Waals surface area (Å²) in [6.07, 6.45) is 0. The second kappa shape index (κ2) is 6.19. The van der Waals surface area contributed by atoms with Crippen LogP contribution < -0.4 is 4.74 Å². The summed E-state index contributed by atoms with van der Waals surface area (Å²) in [6, 6.07) is 33.2. The average Bonchev–Trinajstić information content (AvgIpc) is 3.21. The van der Waals surface area contributed by atoms with Gasteiger partial charge < -0.3 is 4.74 Å². The Labute approximate surface area is 183 Å². The van der Waals surface area contributed by atoms with Crippen molar-refractivity contribution in [3.05, 3.63) is 91.0 Å². The summed E-state index contributed by atoms with van der Waals surface area (Å²) in [5.74, 6) is 0.895. The molecular weight excluding hydrogens is 396 g/mol. The van der Waals surface area contributed by atoms with E-state index in [2.05, 4.69) is 91.0 Å². The minimum atomic E-state index is 0.895. The number of thiophene rings is 1. The van der Waals surface area contributed by atoms with Crippen LogP contribution in [0.4, 0.5) is 0 Å². The predicted molar refractivity (Wildman–Crippen MR) is 136 cm³/mol.